The van der Waals surface area contributed by atoms with Gasteiger partial charge >= 0.3 is 0 Å². The standard InChI is InChI=1S/C26H35BrN2O3/c1-7-20(6)28-26(31)23(8-2)29(15-21-11-9-17(3)10-12-21)24(30)16-32-22-13-18(4)25(27)19(5)14-22/h9-14,20,23H,7-8,15-16H2,1-6H3,(H,28,31). The average Bonchev–Trinajstić information content (AvgIpc) is 2.76. The van der Waals surface area contributed by atoms with Crippen molar-refractivity contribution < 1.29 is 14.3 Å². The van der Waals surface area contributed by atoms with Crippen molar-refractivity contribution in [2.75, 3.05) is 6.61 Å². The van der Waals surface area contributed by atoms with E-state index in [-0.39, 0.29) is 24.5 Å². The topological polar surface area (TPSA) is 58.6 Å². The summed E-state index contributed by atoms with van der Waals surface area (Å²) < 4.78 is 6.89. The van der Waals surface area contributed by atoms with Crippen LogP contribution >= 0.6 is 15.9 Å². The number of ether oxygens (including phenoxy) is 1. The maximum absolute atomic E-state index is 13.3. The van der Waals surface area contributed by atoms with Crippen LogP contribution in [0, 0.1) is 20.8 Å². The average molecular weight is 503 g/mol. The molecule has 0 saturated heterocycles. The summed E-state index contributed by atoms with van der Waals surface area (Å²) in [5, 5.41) is 3.03. The molecule has 0 aromatic heterocycles. The van der Waals surface area contributed by atoms with Crippen molar-refractivity contribution in [1.29, 1.82) is 0 Å². The largest absolute Gasteiger partial charge is 0.484 e. The number of amides is 2. The van der Waals surface area contributed by atoms with Gasteiger partial charge in [0.1, 0.15) is 11.8 Å². The zero-order chi connectivity index (χ0) is 23.8. The molecule has 5 nitrogen and oxygen atoms in total. The molecule has 0 radical (unpaired) electrons. The number of carbonyl (C=O) groups is 2. The second-order valence-electron chi connectivity index (χ2n) is 8.41. The van der Waals surface area contributed by atoms with Crippen LogP contribution < -0.4 is 10.1 Å². The predicted octanol–water partition coefficient (Wildman–Crippen LogP) is 5.48. The number of aryl methyl sites for hydroxylation is 3. The van der Waals surface area contributed by atoms with E-state index in [1.165, 1.54) is 0 Å². The van der Waals surface area contributed by atoms with Crippen molar-refractivity contribution in [3.8, 4) is 5.75 Å². The molecule has 1 N–H and O–H groups in total. The number of hydrogen-bond acceptors (Lipinski definition) is 3. The molecule has 0 saturated carbocycles. The SMILES string of the molecule is CCC(C)NC(=O)C(CC)N(Cc1ccc(C)cc1)C(=O)COc1cc(C)c(Br)c(C)c1. The molecule has 2 rings (SSSR count). The van der Waals surface area contributed by atoms with E-state index in [0.29, 0.717) is 18.7 Å². The summed E-state index contributed by atoms with van der Waals surface area (Å²) in [4.78, 5) is 27.9. The summed E-state index contributed by atoms with van der Waals surface area (Å²) in [5.41, 5.74) is 4.22. The summed E-state index contributed by atoms with van der Waals surface area (Å²) in [6.07, 6.45) is 1.36. The first-order valence-corrected chi connectivity index (χ1v) is 12.0. The monoisotopic (exact) mass is 502 g/mol. The van der Waals surface area contributed by atoms with E-state index in [1.807, 2.05) is 77.9 Å². The van der Waals surface area contributed by atoms with Gasteiger partial charge < -0.3 is 15.0 Å². The van der Waals surface area contributed by atoms with E-state index in [1.54, 1.807) is 4.90 Å². The van der Waals surface area contributed by atoms with Crippen molar-refractivity contribution in [2.45, 2.75) is 73.0 Å². The minimum absolute atomic E-state index is 0.0536. The number of nitrogens with zero attached hydrogens (tertiary/aromatic N) is 1. The van der Waals surface area contributed by atoms with E-state index >= 15 is 0 Å². The number of carbonyl (C=O) groups excluding carboxylic acids is 2. The lowest BCUT2D eigenvalue weighted by Crippen LogP contribution is -2.51. The lowest BCUT2D eigenvalue weighted by Gasteiger charge is -2.31. The molecule has 0 aliphatic rings. The number of rotatable bonds is 10. The highest BCUT2D eigenvalue weighted by Crippen LogP contribution is 2.26. The van der Waals surface area contributed by atoms with Gasteiger partial charge in [-0.3, -0.25) is 9.59 Å². The van der Waals surface area contributed by atoms with Gasteiger partial charge in [-0.15, -0.1) is 0 Å². The summed E-state index contributed by atoms with van der Waals surface area (Å²) >= 11 is 3.55. The van der Waals surface area contributed by atoms with Crippen LogP contribution in [0.3, 0.4) is 0 Å². The summed E-state index contributed by atoms with van der Waals surface area (Å²) in [5.74, 6) is 0.302. The second kappa shape index (κ2) is 12.0. The Morgan fingerprint density at radius 1 is 1.03 bits per heavy atom. The van der Waals surface area contributed by atoms with Crippen molar-refractivity contribution in [1.82, 2.24) is 10.2 Å². The molecular formula is C26H35BrN2O3. The zero-order valence-corrected chi connectivity index (χ0v) is 21.6. The Hall–Kier alpha value is -2.34. The van der Waals surface area contributed by atoms with Gasteiger partial charge in [0, 0.05) is 17.1 Å². The summed E-state index contributed by atoms with van der Waals surface area (Å²) in [6, 6.07) is 11.3. The third-order valence-electron chi connectivity index (χ3n) is 5.63. The molecule has 32 heavy (non-hydrogen) atoms. The highest BCUT2D eigenvalue weighted by atomic mass is 79.9. The number of halogens is 1. The first-order valence-electron chi connectivity index (χ1n) is 11.2. The van der Waals surface area contributed by atoms with Gasteiger partial charge in [0.15, 0.2) is 6.61 Å². The quantitative estimate of drug-likeness (QED) is 0.468. The van der Waals surface area contributed by atoms with Crippen molar-refractivity contribution in [3.05, 3.63) is 63.1 Å². The van der Waals surface area contributed by atoms with Crippen LogP contribution in [0.15, 0.2) is 40.9 Å². The van der Waals surface area contributed by atoms with Crippen LogP contribution in [0.2, 0.25) is 0 Å². The van der Waals surface area contributed by atoms with Gasteiger partial charge in [0.2, 0.25) is 5.91 Å². The van der Waals surface area contributed by atoms with E-state index < -0.39 is 6.04 Å². The van der Waals surface area contributed by atoms with Crippen molar-refractivity contribution in [2.24, 2.45) is 0 Å². The van der Waals surface area contributed by atoms with Gasteiger partial charge in [-0.1, -0.05) is 59.6 Å². The highest BCUT2D eigenvalue weighted by molar-refractivity contribution is 9.10. The number of nitrogens with one attached hydrogen (secondary N) is 1. The van der Waals surface area contributed by atoms with Crippen LogP contribution in [-0.2, 0) is 16.1 Å². The van der Waals surface area contributed by atoms with E-state index in [2.05, 4.69) is 21.2 Å². The Labute approximate surface area is 200 Å². The third-order valence-corrected chi connectivity index (χ3v) is 6.88. The van der Waals surface area contributed by atoms with Gasteiger partial charge in [-0.2, -0.15) is 0 Å². The van der Waals surface area contributed by atoms with Crippen molar-refractivity contribution in [3.63, 3.8) is 0 Å². The molecule has 2 aromatic carbocycles. The Morgan fingerprint density at radius 2 is 1.62 bits per heavy atom. The lowest BCUT2D eigenvalue weighted by atomic mass is 10.1. The van der Waals surface area contributed by atoms with Gasteiger partial charge in [-0.25, -0.2) is 0 Å². The van der Waals surface area contributed by atoms with Crippen LogP contribution in [0.1, 0.15) is 55.9 Å². The van der Waals surface area contributed by atoms with Crippen LogP contribution in [0.4, 0.5) is 0 Å². The first-order chi connectivity index (χ1) is 15.2. The fourth-order valence-corrected chi connectivity index (χ4v) is 3.70. The number of benzene rings is 2. The Morgan fingerprint density at radius 3 is 2.16 bits per heavy atom. The number of hydrogen-bond donors (Lipinski definition) is 1. The van der Waals surface area contributed by atoms with Gasteiger partial charge in [-0.05, 0) is 69.4 Å². The smallest absolute Gasteiger partial charge is 0.261 e. The molecular weight excluding hydrogens is 468 g/mol. The Kier molecular flexibility index (Phi) is 9.76. The molecule has 0 heterocycles. The summed E-state index contributed by atoms with van der Waals surface area (Å²) in [6.45, 7) is 12.2. The maximum Gasteiger partial charge on any atom is 0.261 e. The van der Waals surface area contributed by atoms with Gasteiger partial charge in [0.05, 0.1) is 0 Å². The minimum Gasteiger partial charge on any atom is -0.484 e. The molecule has 2 amide bonds. The molecule has 0 aliphatic carbocycles. The van der Waals surface area contributed by atoms with Crippen LogP contribution in [-0.4, -0.2) is 35.4 Å². The van der Waals surface area contributed by atoms with E-state index in [4.69, 9.17) is 4.74 Å². The first kappa shape index (κ1) is 25.9. The van der Waals surface area contributed by atoms with E-state index in [0.717, 1.165) is 33.1 Å². The van der Waals surface area contributed by atoms with E-state index in [9.17, 15) is 9.59 Å². The molecule has 174 valence electrons. The maximum atomic E-state index is 13.3. The van der Waals surface area contributed by atoms with Crippen LogP contribution in [0.5, 0.6) is 5.75 Å². The molecule has 2 aromatic rings. The summed E-state index contributed by atoms with van der Waals surface area (Å²) in [7, 11) is 0. The molecule has 2 unspecified atom stereocenters. The molecule has 0 aliphatic heterocycles. The zero-order valence-electron chi connectivity index (χ0n) is 20.0. The lowest BCUT2D eigenvalue weighted by molar-refractivity contribution is -0.143. The van der Waals surface area contributed by atoms with Crippen LogP contribution in [0.25, 0.3) is 0 Å². The normalized spacial score (nSPS) is 12.7. The molecule has 0 spiro atoms. The predicted molar refractivity (Wildman–Crippen MR) is 133 cm³/mol. The fraction of sp³-hybridized carbons (Fsp3) is 0.462. The molecule has 6 heteroatoms. The minimum atomic E-state index is -0.560. The molecule has 0 bridgehead atoms. The van der Waals surface area contributed by atoms with Crippen molar-refractivity contribution >= 4 is 27.7 Å². The highest BCUT2D eigenvalue weighted by Gasteiger charge is 2.29. The second-order valence-corrected chi connectivity index (χ2v) is 9.20. The molecule has 2 atom stereocenters. The Bertz CT molecular complexity index is 904. The Balaban J connectivity index is 2.24. The van der Waals surface area contributed by atoms with Gasteiger partial charge in [0.25, 0.3) is 5.91 Å². The molecule has 0 fully saturated rings. The fourth-order valence-electron chi connectivity index (χ4n) is 3.47. The third kappa shape index (κ3) is 7.09.